The number of aliphatic hydroxyl groups is 2. The minimum atomic E-state index is -4.51. The van der Waals surface area contributed by atoms with E-state index in [1.165, 1.54) is 17.8 Å². The van der Waals surface area contributed by atoms with Crippen LogP contribution in [0, 0.1) is 0 Å². The lowest BCUT2D eigenvalue weighted by atomic mass is 10.1. The topological polar surface area (TPSA) is 45.4 Å². The number of aliphatic hydroxyl groups excluding tert-OH is 1. The van der Waals surface area contributed by atoms with Crippen LogP contribution in [-0.4, -0.2) is 14.8 Å². The Labute approximate surface area is 185 Å². The second-order valence-electron chi connectivity index (χ2n) is 6.95. The fourth-order valence-electron chi connectivity index (χ4n) is 3.43. The average Bonchev–Trinajstić information content (AvgIpc) is 3.02. The summed E-state index contributed by atoms with van der Waals surface area (Å²) in [6, 6.07) is 19.5. The second-order valence-corrected chi connectivity index (χ2v) is 8.47. The molecule has 160 valence electrons. The first-order valence-electron chi connectivity index (χ1n) is 9.31. The maximum Gasteiger partial charge on any atom is 0.416 e. The standard InChI is InChI=1S/C23H17ClF3NO2S/c24-16-9-6-14(7-10-16)13-28-19-11-8-15(23(25,26)27)12-18(19)21(20(28)22(29)30)31-17-4-2-1-3-5-17/h1-12,22,29-30H,13H2. The van der Waals surface area contributed by atoms with Crippen LogP contribution >= 0.6 is 23.4 Å². The van der Waals surface area contributed by atoms with Crippen LogP contribution in [0.15, 0.2) is 82.6 Å². The van der Waals surface area contributed by atoms with Crippen LogP contribution < -0.4 is 0 Å². The first-order chi connectivity index (χ1) is 14.7. The largest absolute Gasteiger partial charge is 0.416 e. The van der Waals surface area contributed by atoms with Gasteiger partial charge >= 0.3 is 6.18 Å². The molecule has 0 radical (unpaired) electrons. The number of fused-ring (bicyclic) bond motifs is 1. The monoisotopic (exact) mass is 463 g/mol. The van der Waals surface area contributed by atoms with Crippen molar-refractivity contribution >= 4 is 34.3 Å². The van der Waals surface area contributed by atoms with E-state index in [4.69, 9.17) is 11.6 Å². The molecule has 8 heteroatoms. The van der Waals surface area contributed by atoms with Gasteiger partial charge in [-0.2, -0.15) is 13.2 Å². The van der Waals surface area contributed by atoms with Gasteiger partial charge in [-0.1, -0.05) is 53.7 Å². The van der Waals surface area contributed by atoms with Crippen molar-refractivity contribution in [2.24, 2.45) is 0 Å². The molecule has 1 aromatic heterocycles. The summed E-state index contributed by atoms with van der Waals surface area (Å²) in [7, 11) is 0. The summed E-state index contributed by atoms with van der Waals surface area (Å²) in [5.41, 5.74) is 0.638. The number of rotatable bonds is 5. The first-order valence-corrected chi connectivity index (χ1v) is 10.5. The molecule has 4 aromatic rings. The molecular weight excluding hydrogens is 447 g/mol. The molecule has 3 aromatic carbocycles. The minimum Gasteiger partial charge on any atom is -0.363 e. The molecule has 0 aliphatic carbocycles. The zero-order chi connectivity index (χ0) is 22.2. The second kappa shape index (κ2) is 8.59. The molecule has 0 spiro atoms. The Morgan fingerprint density at radius 2 is 1.61 bits per heavy atom. The lowest BCUT2D eigenvalue weighted by Crippen LogP contribution is -2.09. The third kappa shape index (κ3) is 4.60. The van der Waals surface area contributed by atoms with E-state index in [1.54, 1.807) is 28.8 Å². The van der Waals surface area contributed by atoms with Gasteiger partial charge in [0.2, 0.25) is 0 Å². The summed E-state index contributed by atoms with van der Waals surface area (Å²) in [4.78, 5) is 1.14. The van der Waals surface area contributed by atoms with Crippen molar-refractivity contribution in [1.29, 1.82) is 0 Å². The first kappa shape index (κ1) is 21.8. The Morgan fingerprint density at radius 3 is 2.23 bits per heavy atom. The molecule has 0 bridgehead atoms. The van der Waals surface area contributed by atoms with E-state index in [0.717, 1.165) is 22.6 Å². The van der Waals surface area contributed by atoms with Crippen molar-refractivity contribution in [1.82, 2.24) is 4.57 Å². The van der Waals surface area contributed by atoms with Gasteiger partial charge in [-0.3, -0.25) is 0 Å². The van der Waals surface area contributed by atoms with Crippen LogP contribution in [0.2, 0.25) is 5.02 Å². The molecule has 0 saturated carbocycles. The number of alkyl halides is 3. The molecule has 2 N–H and O–H groups in total. The summed E-state index contributed by atoms with van der Waals surface area (Å²) < 4.78 is 41.8. The summed E-state index contributed by atoms with van der Waals surface area (Å²) >= 11 is 7.15. The number of hydrogen-bond donors (Lipinski definition) is 2. The van der Waals surface area contributed by atoms with Gasteiger partial charge in [0.1, 0.15) is 0 Å². The summed E-state index contributed by atoms with van der Waals surface area (Å²) in [5, 5.41) is 21.2. The predicted octanol–water partition coefficient (Wildman–Crippen LogP) is 6.50. The van der Waals surface area contributed by atoms with Crippen LogP contribution in [0.4, 0.5) is 13.2 Å². The lowest BCUT2D eigenvalue weighted by Gasteiger charge is -2.14. The van der Waals surface area contributed by atoms with E-state index >= 15 is 0 Å². The highest BCUT2D eigenvalue weighted by Crippen LogP contribution is 2.43. The van der Waals surface area contributed by atoms with Crippen molar-refractivity contribution in [2.45, 2.75) is 28.8 Å². The third-order valence-corrected chi connectivity index (χ3v) is 6.24. The van der Waals surface area contributed by atoms with Crippen molar-refractivity contribution in [3.05, 3.63) is 94.6 Å². The maximum atomic E-state index is 13.4. The molecule has 0 unspecified atom stereocenters. The molecule has 0 amide bonds. The Morgan fingerprint density at radius 1 is 0.935 bits per heavy atom. The van der Waals surface area contributed by atoms with E-state index in [0.29, 0.717) is 20.8 Å². The van der Waals surface area contributed by atoms with Gasteiger partial charge in [0.25, 0.3) is 0 Å². The zero-order valence-corrected chi connectivity index (χ0v) is 17.5. The Balaban J connectivity index is 1.94. The summed E-state index contributed by atoms with van der Waals surface area (Å²) in [6.45, 7) is 0.237. The van der Waals surface area contributed by atoms with Crippen LogP contribution in [0.3, 0.4) is 0 Å². The number of nitrogens with zero attached hydrogens (tertiary/aromatic N) is 1. The Hall–Kier alpha value is -2.45. The molecule has 1 heterocycles. The van der Waals surface area contributed by atoms with Crippen molar-refractivity contribution in [3.63, 3.8) is 0 Å². The fourth-order valence-corrected chi connectivity index (χ4v) is 4.68. The molecule has 0 aliphatic heterocycles. The molecule has 0 aliphatic rings. The van der Waals surface area contributed by atoms with Gasteiger partial charge in [0.15, 0.2) is 6.29 Å². The quantitative estimate of drug-likeness (QED) is 0.332. The van der Waals surface area contributed by atoms with E-state index in [1.807, 2.05) is 30.3 Å². The van der Waals surface area contributed by atoms with Gasteiger partial charge < -0.3 is 14.8 Å². The zero-order valence-electron chi connectivity index (χ0n) is 16.0. The Bertz CT molecular complexity index is 1210. The van der Waals surface area contributed by atoms with Crippen molar-refractivity contribution in [2.75, 3.05) is 0 Å². The maximum absolute atomic E-state index is 13.4. The molecule has 0 saturated heterocycles. The van der Waals surface area contributed by atoms with E-state index in [2.05, 4.69) is 0 Å². The Kier molecular flexibility index (Phi) is 6.03. The predicted molar refractivity (Wildman–Crippen MR) is 115 cm³/mol. The van der Waals surface area contributed by atoms with Gasteiger partial charge in [-0.05, 0) is 48.0 Å². The minimum absolute atomic E-state index is 0.137. The van der Waals surface area contributed by atoms with E-state index in [-0.39, 0.29) is 12.2 Å². The van der Waals surface area contributed by atoms with E-state index in [9.17, 15) is 23.4 Å². The number of aromatic nitrogens is 1. The summed E-state index contributed by atoms with van der Waals surface area (Å²) in [5.74, 6) is 0. The highest BCUT2D eigenvalue weighted by molar-refractivity contribution is 7.99. The van der Waals surface area contributed by atoms with Gasteiger partial charge in [-0.25, -0.2) is 0 Å². The SMILES string of the molecule is OC(O)c1c(Sc2ccccc2)c2cc(C(F)(F)F)ccc2n1Cc1ccc(Cl)cc1. The highest BCUT2D eigenvalue weighted by Gasteiger charge is 2.32. The highest BCUT2D eigenvalue weighted by atomic mass is 35.5. The van der Waals surface area contributed by atoms with Crippen LogP contribution in [0.1, 0.15) is 23.1 Å². The van der Waals surface area contributed by atoms with E-state index < -0.39 is 18.0 Å². The number of benzene rings is 3. The summed E-state index contributed by atoms with van der Waals surface area (Å²) in [6.07, 6.45) is -6.39. The van der Waals surface area contributed by atoms with Crippen LogP contribution in [0.25, 0.3) is 10.9 Å². The molecule has 4 rings (SSSR count). The van der Waals surface area contributed by atoms with Gasteiger partial charge in [0.05, 0.1) is 11.3 Å². The average molecular weight is 464 g/mol. The molecule has 31 heavy (non-hydrogen) atoms. The third-order valence-electron chi connectivity index (χ3n) is 4.84. The number of halogens is 4. The molecule has 0 fully saturated rings. The molecule has 3 nitrogen and oxygen atoms in total. The van der Waals surface area contributed by atoms with Crippen LogP contribution in [0.5, 0.6) is 0 Å². The van der Waals surface area contributed by atoms with Crippen LogP contribution in [-0.2, 0) is 12.7 Å². The van der Waals surface area contributed by atoms with Gasteiger partial charge in [-0.15, -0.1) is 0 Å². The number of hydrogen-bond acceptors (Lipinski definition) is 3. The van der Waals surface area contributed by atoms with Crippen molar-refractivity contribution < 1.29 is 23.4 Å². The fraction of sp³-hybridized carbons (Fsp3) is 0.130. The molecule has 0 atom stereocenters. The normalized spacial score (nSPS) is 12.1. The smallest absolute Gasteiger partial charge is 0.363 e. The lowest BCUT2D eigenvalue weighted by molar-refractivity contribution is -0.137. The molecular formula is C23H17ClF3NO2S. The van der Waals surface area contributed by atoms with Crippen molar-refractivity contribution in [3.8, 4) is 0 Å². The van der Waals surface area contributed by atoms with Gasteiger partial charge in [0, 0.05) is 32.3 Å².